The van der Waals surface area contributed by atoms with Crippen molar-refractivity contribution in [2.24, 2.45) is 16.7 Å². The number of fused-ring (bicyclic) bond motifs is 2. The van der Waals surface area contributed by atoms with E-state index in [0.29, 0.717) is 15.6 Å². The molecule has 4 fully saturated rings. The molecule has 0 aromatic rings. The number of allylic oxidation sites excluding steroid dienone is 1. The lowest BCUT2D eigenvalue weighted by Crippen LogP contribution is -2.56. The van der Waals surface area contributed by atoms with Crippen LogP contribution in [0.4, 0.5) is 0 Å². The van der Waals surface area contributed by atoms with Crippen LogP contribution in [0.15, 0.2) is 12.2 Å². The molecule has 1 unspecified atom stereocenters. The second kappa shape index (κ2) is 3.40. The van der Waals surface area contributed by atoms with E-state index in [1.165, 1.54) is 56.9 Å². The van der Waals surface area contributed by atoms with E-state index in [1.807, 2.05) is 0 Å². The second-order valence-corrected chi connectivity index (χ2v) is 9.51. The second-order valence-electron chi connectivity index (χ2n) is 7.98. The number of hydrogen-bond acceptors (Lipinski definition) is 1. The van der Waals surface area contributed by atoms with Crippen molar-refractivity contribution in [2.75, 3.05) is 0 Å². The highest BCUT2D eigenvalue weighted by Gasteiger charge is 2.72. The first-order chi connectivity index (χ1) is 8.50. The Hall–Kier alpha value is 0.0900. The van der Waals surface area contributed by atoms with Crippen molar-refractivity contribution in [1.29, 1.82) is 0 Å². The van der Waals surface area contributed by atoms with Crippen LogP contribution in [0.25, 0.3) is 0 Å². The average Bonchev–Trinajstić information content (AvgIpc) is 3.02. The van der Waals surface area contributed by atoms with Crippen LogP contribution in [0, 0.1) is 16.7 Å². The van der Waals surface area contributed by atoms with Crippen LogP contribution in [-0.2, 0) is 0 Å². The van der Waals surface area contributed by atoms with Gasteiger partial charge in [0.1, 0.15) is 0 Å². The normalized spacial score (nSPS) is 58.4. The molecular weight excluding hydrogens is 236 g/mol. The Morgan fingerprint density at radius 1 is 1.17 bits per heavy atom. The summed E-state index contributed by atoms with van der Waals surface area (Å²) in [5, 5.41) is 1.03. The van der Waals surface area contributed by atoms with E-state index >= 15 is 0 Å². The van der Waals surface area contributed by atoms with E-state index in [1.54, 1.807) is 0 Å². The molecule has 1 saturated heterocycles. The van der Waals surface area contributed by atoms with E-state index < -0.39 is 0 Å². The average molecular weight is 262 g/mol. The quantitative estimate of drug-likeness (QED) is 0.428. The highest BCUT2D eigenvalue weighted by molar-refractivity contribution is 8.08. The topological polar surface area (TPSA) is 0 Å². The van der Waals surface area contributed by atoms with Gasteiger partial charge in [0.25, 0.3) is 0 Å². The van der Waals surface area contributed by atoms with Crippen LogP contribution < -0.4 is 0 Å². The molecule has 0 N–H and O–H groups in total. The summed E-state index contributed by atoms with van der Waals surface area (Å²) in [6.45, 7) is 9.54. The van der Waals surface area contributed by atoms with Gasteiger partial charge in [0.05, 0.1) is 0 Å². The molecule has 1 heterocycles. The Kier molecular flexibility index (Phi) is 2.24. The third kappa shape index (κ3) is 1.25. The summed E-state index contributed by atoms with van der Waals surface area (Å²) in [5.74, 6) is 0.974. The van der Waals surface area contributed by atoms with Crippen molar-refractivity contribution in [3.63, 3.8) is 0 Å². The lowest BCUT2D eigenvalue weighted by molar-refractivity contribution is -0.0611. The molecule has 1 spiro atoms. The van der Waals surface area contributed by atoms with E-state index in [4.69, 9.17) is 0 Å². The van der Waals surface area contributed by atoms with Crippen molar-refractivity contribution >= 4 is 11.8 Å². The molecule has 3 aliphatic carbocycles. The van der Waals surface area contributed by atoms with Gasteiger partial charge in [-0.15, -0.1) is 11.8 Å². The third-order valence-corrected chi connectivity index (χ3v) is 9.11. The fraction of sp³-hybridized carbons (Fsp3) is 0.882. The van der Waals surface area contributed by atoms with Gasteiger partial charge < -0.3 is 0 Å². The van der Waals surface area contributed by atoms with Gasteiger partial charge in [0, 0.05) is 10.00 Å². The van der Waals surface area contributed by atoms with Gasteiger partial charge in [-0.25, -0.2) is 0 Å². The van der Waals surface area contributed by atoms with Gasteiger partial charge in [-0.3, -0.25) is 0 Å². The summed E-state index contributed by atoms with van der Waals surface area (Å²) in [6.07, 6.45) is 11.5. The molecule has 0 aromatic heterocycles. The van der Waals surface area contributed by atoms with Gasteiger partial charge in [-0.05, 0) is 61.7 Å². The van der Waals surface area contributed by atoms with Crippen LogP contribution in [-0.4, -0.2) is 10.00 Å². The highest BCUT2D eigenvalue weighted by atomic mass is 32.2. The minimum atomic E-state index is 0.584. The van der Waals surface area contributed by atoms with Gasteiger partial charge in [0.15, 0.2) is 0 Å². The zero-order valence-electron chi connectivity index (χ0n) is 11.9. The standard InChI is InChI=1S/C17H26S/c1-12-6-7-13-15(2,11-12)9-10-17-14(18-17)5-4-8-16(13,17)3/h13-14H,1,4-11H2,2-3H3/t13-,14+,15-,16+,17?/m1/s1. The Morgan fingerprint density at radius 3 is 2.83 bits per heavy atom. The maximum absolute atomic E-state index is 4.30. The fourth-order valence-corrected chi connectivity index (χ4v) is 8.12. The molecule has 1 heteroatoms. The maximum Gasteiger partial charge on any atom is 0.0338 e. The molecule has 5 atom stereocenters. The molecule has 0 amide bonds. The molecule has 3 saturated carbocycles. The van der Waals surface area contributed by atoms with Crippen LogP contribution in [0.2, 0.25) is 0 Å². The molecule has 4 aliphatic rings. The van der Waals surface area contributed by atoms with Gasteiger partial charge in [-0.1, -0.05) is 32.4 Å². The van der Waals surface area contributed by atoms with Crippen LogP contribution in [0.5, 0.6) is 0 Å². The molecule has 1 aliphatic heterocycles. The van der Waals surface area contributed by atoms with Gasteiger partial charge >= 0.3 is 0 Å². The lowest BCUT2D eigenvalue weighted by Gasteiger charge is -2.60. The largest absolute Gasteiger partial charge is 0.149 e. The minimum Gasteiger partial charge on any atom is -0.149 e. The molecular formula is C17H26S. The summed E-state index contributed by atoms with van der Waals surface area (Å²) in [7, 11) is 0. The fourth-order valence-electron chi connectivity index (χ4n) is 6.16. The highest BCUT2D eigenvalue weighted by Crippen LogP contribution is 2.78. The smallest absolute Gasteiger partial charge is 0.0338 e. The van der Waals surface area contributed by atoms with Crippen LogP contribution in [0.1, 0.15) is 65.2 Å². The predicted molar refractivity (Wildman–Crippen MR) is 79.9 cm³/mol. The first kappa shape index (κ1) is 11.9. The summed E-state index contributed by atoms with van der Waals surface area (Å²) in [5.41, 5.74) is 2.76. The molecule has 100 valence electrons. The summed E-state index contributed by atoms with van der Waals surface area (Å²) >= 11 is 2.36. The van der Waals surface area contributed by atoms with Gasteiger partial charge in [-0.2, -0.15) is 0 Å². The van der Waals surface area contributed by atoms with E-state index in [-0.39, 0.29) is 0 Å². The zero-order valence-corrected chi connectivity index (χ0v) is 12.7. The first-order valence-corrected chi connectivity index (χ1v) is 8.73. The van der Waals surface area contributed by atoms with Crippen molar-refractivity contribution in [2.45, 2.75) is 75.2 Å². The minimum absolute atomic E-state index is 0.584. The maximum atomic E-state index is 4.30. The Bertz CT molecular complexity index is 414. The Balaban J connectivity index is 1.74. The zero-order chi connectivity index (χ0) is 12.6. The van der Waals surface area contributed by atoms with Crippen LogP contribution in [0.3, 0.4) is 0 Å². The molecule has 0 bridgehead atoms. The van der Waals surface area contributed by atoms with Gasteiger partial charge in [0.2, 0.25) is 0 Å². The van der Waals surface area contributed by atoms with E-state index in [0.717, 1.165) is 11.2 Å². The molecule has 0 aromatic carbocycles. The Labute approximate surface area is 116 Å². The molecule has 0 nitrogen and oxygen atoms in total. The van der Waals surface area contributed by atoms with Crippen molar-refractivity contribution < 1.29 is 0 Å². The van der Waals surface area contributed by atoms with E-state index in [2.05, 4.69) is 32.2 Å². The molecule has 0 radical (unpaired) electrons. The number of hydrogen-bond donors (Lipinski definition) is 0. The van der Waals surface area contributed by atoms with Crippen molar-refractivity contribution in [3.05, 3.63) is 12.2 Å². The summed E-state index contributed by atoms with van der Waals surface area (Å²) in [6, 6.07) is 0. The summed E-state index contributed by atoms with van der Waals surface area (Å²) < 4.78 is 0.716. The lowest BCUT2D eigenvalue weighted by atomic mass is 9.45. The Morgan fingerprint density at radius 2 is 2.00 bits per heavy atom. The van der Waals surface area contributed by atoms with Crippen molar-refractivity contribution in [3.8, 4) is 0 Å². The predicted octanol–water partition coefficient (Wildman–Crippen LogP) is 5.19. The molecule has 18 heavy (non-hydrogen) atoms. The third-order valence-electron chi connectivity index (χ3n) is 7.06. The van der Waals surface area contributed by atoms with E-state index in [9.17, 15) is 0 Å². The number of thioether (sulfide) groups is 1. The first-order valence-electron chi connectivity index (χ1n) is 7.85. The van der Waals surface area contributed by atoms with Crippen molar-refractivity contribution in [1.82, 2.24) is 0 Å². The monoisotopic (exact) mass is 262 g/mol. The molecule has 4 rings (SSSR count). The summed E-state index contributed by atoms with van der Waals surface area (Å²) in [4.78, 5) is 0. The SMILES string of the molecule is C=C1CC[C@@H]2[C@](C)(CCC34S[C@H]3CCC[C@@]24C)C1. The van der Waals surface area contributed by atoms with Crippen LogP contribution >= 0.6 is 11.8 Å². The number of rotatable bonds is 0.